The first-order chi connectivity index (χ1) is 11.5. The first-order valence-electron chi connectivity index (χ1n) is 8.14. The number of hydrogen-bond acceptors (Lipinski definition) is 4. The van der Waals surface area contributed by atoms with E-state index in [1.807, 2.05) is 0 Å². The normalized spacial score (nSPS) is 22.7. The van der Waals surface area contributed by atoms with Crippen molar-refractivity contribution >= 4 is 46.4 Å². The lowest BCUT2D eigenvalue weighted by molar-refractivity contribution is -0.117. The summed E-state index contributed by atoms with van der Waals surface area (Å²) >= 11 is 18.1. The van der Waals surface area contributed by atoms with Crippen molar-refractivity contribution in [1.82, 2.24) is 15.1 Å². The Hall–Kier alpha value is -0.560. The maximum atomic E-state index is 12.3. The van der Waals surface area contributed by atoms with Crippen molar-refractivity contribution < 1.29 is 4.79 Å². The molecule has 1 amide bonds. The Morgan fingerprint density at radius 1 is 1.17 bits per heavy atom. The SMILES string of the molecule is O=C(CN1CCN(C2CCNC2)CC1)Nc1c(Cl)cc(Cl)cc1Cl. The average molecular weight is 392 g/mol. The van der Waals surface area contributed by atoms with Crippen LogP contribution in [0.15, 0.2) is 12.1 Å². The summed E-state index contributed by atoms with van der Waals surface area (Å²) in [5.41, 5.74) is 0.420. The second-order valence-electron chi connectivity index (χ2n) is 6.25. The van der Waals surface area contributed by atoms with E-state index >= 15 is 0 Å². The van der Waals surface area contributed by atoms with Gasteiger partial charge in [-0.05, 0) is 25.1 Å². The molecule has 2 saturated heterocycles. The molecule has 0 saturated carbocycles. The molecule has 1 unspecified atom stereocenters. The van der Waals surface area contributed by atoms with E-state index in [9.17, 15) is 4.79 Å². The van der Waals surface area contributed by atoms with Gasteiger partial charge in [-0.15, -0.1) is 0 Å². The smallest absolute Gasteiger partial charge is 0.238 e. The number of halogens is 3. The Kier molecular flexibility index (Phi) is 6.24. The van der Waals surface area contributed by atoms with Crippen LogP contribution in [0.2, 0.25) is 15.1 Å². The van der Waals surface area contributed by atoms with E-state index in [4.69, 9.17) is 34.8 Å². The number of rotatable bonds is 4. The number of benzene rings is 1. The average Bonchev–Trinajstić information content (AvgIpc) is 3.06. The predicted molar refractivity (Wildman–Crippen MR) is 99.4 cm³/mol. The van der Waals surface area contributed by atoms with E-state index in [0.717, 1.165) is 39.3 Å². The molecule has 2 heterocycles. The molecule has 2 aliphatic heterocycles. The van der Waals surface area contributed by atoms with Crippen molar-refractivity contribution in [3.05, 3.63) is 27.2 Å². The Morgan fingerprint density at radius 2 is 1.83 bits per heavy atom. The number of amides is 1. The Balaban J connectivity index is 1.49. The summed E-state index contributed by atoms with van der Waals surface area (Å²) < 4.78 is 0. The minimum absolute atomic E-state index is 0.114. The highest BCUT2D eigenvalue weighted by atomic mass is 35.5. The van der Waals surface area contributed by atoms with E-state index in [2.05, 4.69) is 20.4 Å². The van der Waals surface area contributed by atoms with Crippen molar-refractivity contribution in [2.75, 3.05) is 51.1 Å². The maximum absolute atomic E-state index is 12.3. The molecule has 8 heteroatoms. The van der Waals surface area contributed by atoms with Gasteiger partial charge in [-0.25, -0.2) is 0 Å². The summed E-state index contributed by atoms with van der Waals surface area (Å²) in [7, 11) is 0. The van der Waals surface area contributed by atoms with Crippen molar-refractivity contribution in [3.63, 3.8) is 0 Å². The third kappa shape index (κ3) is 4.54. The Bertz CT molecular complexity index is 576. The topological polar surface area (TPSA) is 47.6 Å². The number of nitrogens with zero attached hydrogens (tertiary/aromatic N) is 2. The molecule has 132 valence electrons. The fraction of sp³-hybridized carbons (Fsp3) is 0.562. The van der Waals surface area contributed by atoms with Gasteiger partial charge in [-0.3, -0.25) is 14.6 Å². The molecule has 2 N–H and O–H groups in total. The molecule has 2 aliphatic rings. The lowest BCUT2D eigenvalue weighted by Crippen LogP contribution is -2.52. The summed E-state index contributed by atoms with van der Waals surface area (Å²) in [5.74, 6) is -0.114. The third-order valence-corrected chi connectivity index (χ3v) is 5.41. The van der Waals surface area contributed by atoms with Gasteiger partial charge in [0.1, 0.15) is 0 Å². The lowest BCUT2D eigenvalue weighted by Gasteiger charge is -2.37. The molecule has 0 aliphatic carbocycles. The second kappa shape index (κ2) is 8.21. The van der Waals surface area contributed by atoms with Crippen LogP contribution in [0.1, 0.15) is 6.42 Å². The van der Waals surface area contributed by atoms with E-state index in [0.29, 0.717) is 33.3 Å². The fourth-order valence-corrected chi connectivity index (χ4v) is 4.19. The van der Waals surface area contributed by atoms with Crippen LogP contribution in [0.25, 0.3) is 0 Å². The summed E-state index contributed by atoms with van der Waals surface area (Å²) in [4.78, 5) is 17.0. The molecule has 0 bridgehead atoms. The van der Waals surface area contributed by atoms with Crippen molar-refractivity contribution in [2.45, 2.75) is 12.5 Å². The number of carbonyl (C=O) groups excluding carboxylic acids is 1. The van der Waals surface area contributed by atoms with Gasteiger partial charge in [0.2, 0.25) is 5.91 Å². The molecule has 5 nitrogen and oxygen atoms in total. The zero-order valence-corrected chi connectivity index (χ0v) is 15.6. The van der Waals surface area contributed by atoms with Crippen LogP contribution in [-0.2, 0) is 4.79 Å². The van der Waals surface area contributed by atoms with Gasteiger partial charge in [0.25, 0.3) is 0 Å². The molecular formula is C16H21Cl3N4O. The first kappa shape index (κ1) is 18.2. The molecule has 0 aromatic heterocycles. The zero-order valence-electron chi connectivity index (χ0n) is 13.3. The molecule has 1 atom stereocenters. The molecule has 0 spiro atoms. The van der Waals surface area contributed by atoms with Crippen molar-refractivity contribution in [1.29, 1.82) is 0 Å². The van der Waals surface area contributed by atoms with Gasteiger partial charge >= 0.3 is 0 Å². The van der Waals surface area contributed by atoms with Crippen LogP contribution in [0, 0.1) is 0 Å². The molecule has 1 aromatic carbocycles. The van der Waals surface area contributed by atoms with E-state index in [1.54, 1.807) is 12.1 Å². The molecule has 0 radical (unpaired) electrons. The van der Waals surface area contributed by atoms with Crippen LogP contribution in [0.5, 0.6) is 0 Å². The third-order valence-electron chi connectivity index (χ3n) is 4.60. The highest BCUT2D eigenvalue weighted by Gasteiger charge is 2.26. The van der Waals surface area contributed by atoms with Crippen LogP contribution in [0.4, 0.5) is 5.69 Å². The van der Waals surface area contributed by atoms with Gasteiger partial charge in [0.05, 0.1) is 22.3 Å². The van der Waals surface area contributed by atoms with Gasteiger partial charge in [0, 0.05) is 43.8 Å². The highest BCUT2D eigenvalue weighted by Crippen LogP contribution is 2.33. The first-order valence-corrected chi connectivity index (χ1v) is 9.28. The quantitative estimate of drug-likeness (QED) is 0.828. The number of piperazine rings is 1. The minimum atomic E-state index is -0.114. The van der Waals surface area contributed by atoms with Gasteiger partial charge in [0.15, 0.2) is 0 Å². The van der Waals surface area contributed by atoms with Gasteiger partial charge < -0.3 is 10.6 Å². The molecule has 1 aromatic rings. The summed E-state index contributed by atoms with van der Waals surface area (Å²) in [5, 5.41) is 7.33. The standard InChI is InChI=1S/C16H21Cl3N4O/c17-11-7-13(18)16(14(19)8-11)21-15(24)10-22-3-5-23(6-4-22)12-1-2-20-9-12/h7-8,12,20H,1-6,9-10H2,(H,21,24). The largest absolute Gasteiger partial charge is 0.322 e. The van der Waals surface area contributed by atoms with Crippen molar-refractivity contribution in [2.24, 2.45) is 0 Å². The minimum Gasteiger partial charge on any atom is -0.322 e. The number of carbonyl (C=O) groups is 1. The van der Waals surface area contributed by atoms with Crippen LogP contribution >= 0.6 is 34.8 Å². The molecule has 2 fully saturated rings. The second-order valence-corrected chi connectivity index (χ2v) is 7.50. The number of anilines is 1. The van der Waals surface area contributed by atoms with Gasteiger partial charge in [-0.2, -0.15) is 0 Å². The zero-order chi connectivity index (χ0) is 17.1. The highest BCUT2D eigenvalue weighted by molar-refractivity contribution is 6.42. The molecular weight excluding hydrogens is 371 g/mol. The van der Waals surface area contributed by atoms with Crippen molar-refractivity contribution in [3.8, 4) is 0 Å². The van der Waals surface area contributed by atoms with Crippen LogP contribution < -0.4 is 10.6 Å². The summed E-state index contributed by atoms with van der Waals surface area (Å²) in [6.45, 7) is 6.32. The maximum Gasteiger partial charge on any atom is 0.238 e. The van der Waals surface area contributed by atoms with E-state index in [-0.39, 0.29) is 5.91 Å². The summed E-state index contributed by atoms with van der Waals surface area (Å²) in [6.07, 6.45) is 1.22. The molecule has 3 rings (SSSR count). The number of nitrogens with one attached hydrogen (secondary N) is 2. The molecule has 24 heavy (non-hydrogen) atoms. The Morgan fingerprint density at radius 3 is 2.42 bits per heavy atom. The fourth-order valence-electron chi connectivity index (χ4n) is 3.28. The van der Waals surface area contributed by atoms with E-state index in [1.165, 1.54) is 6.42 Å². The summed E-state index contributed by atoms with van der Waals surface area (Å²) in [6, 6.07) is 3.78. The Labute approximate surface area is 157 Å². The predicted octanol–water partition coefficient (Wildman–Crippen LogP) is 2.56. The van der Waals surface area contributed by atoms with Gasteiger partial charge in [-0.1, -0.05) is 34.8 Å². The van der Waals surface area contributed by atoms with E-state index < -0.39 is 0 Å². The number of hydrogen-bond donors (Lipinski definition) is 2. The monoisotopic (exact) mass is 390 g/mol. The van der Waals surface area contributed by atoms with Crippen LogP contribution in [-0.4, -0.2) is 67.6 Å². The van der Waals surface area contributed by atoms with Crippen LogP contribution in [0.3, 0.4) is 0 Å². The lowest BCUT2D eigenvalue weighted by atomic mass is 10.2.